The van der Waals surface area contributed by atoms with Crippen molar-refractivity contribution in [3.8, 4) is 0 Å². The lowest BCUT2D eigenvalue weighted by atomic mass is 9.99. The summed E-state index contributed by atoms with van der Waals surface area (Å²) in [5.74, 6) is -0.251. The fraction of sp³-hybridized carbons (Fsp3) is 0.278. The van der Waals surface area contributed by atoms with Gasteiger partial charge in [-0.3, -0.25) is 4.79 Å². The number of halogens is 1. The van der Waals surface area contributed by atoms with Crippen LogP contribution in [0.15, 0.2) is 48.5 Å². The molecule has 0 aliphatic rings. The minimum atomic E-state index is -0.882. The minimum absolute atomic E-state index is 0.251. The molecule has 0 aliphatic heterocycles. The number of carbonyl (C=O) groups excluding carboxylic acids is 1. The Morgan fingerprint density at radius 2 is 1.96 bits per heavy atom. The number of hydrogen-bond acceptors (Lipinski definition) is 3. The van der Waals surface area contributed by atoms with E-state index in [0.29, 0.717) is 22.7 Å². The van der Waals surface area contributed by atoms with Gasteiger partial charge in [-0.05, 0) is 30.2 Å². The predicted molar refractivity (Wildman–Crippen MR) is 91.7 cm³/mol. The van der Waals surface area contributed by atoms with Crippen molar-refractivity contribution in [3.63, 3.8) is 0 Å². The van der Waals surface area contributed by atoms with Gasteiger partial charge in [0, 0.05) is 23.4 Å². The number of aliphatic hydroxyl groups excluding tert-OH is 1. The summed E-state index contributed by atoms with van der Waals surface area (Å²) in [5, 5.41) is 13.9. The largest absolute Gasteiger partial charge is 0.384 e. The predicted octanol–water partition coefficient (Wildman–Crippen LogP) is 3.79. The molecule has 2 rings (SSSR count). The summed E-state index contributed by atoms with van der Waals surface area (Å²) < 4.78 is 5.14. The molecule has 1 amide bonds. The van der Waals surface area contributed by atoms with E-state index in [4.69, 9.17) is 16.3 Å². The van der Waals surface area contributed by atoms with Gasteiger partial charge < -0.3 is 15.2 Å². The first-order valence-corrected chi connectivity index (χ1v) is 7.80. The van der Waals surface area contributed by atoms with Crippen molar-refractivity contribution in [2.45, 2.75) is 25.6 Å². The summed E-state index contributed by atoms with van der Waals surface area (Å²) in [6, 6.07) is 14.2. The molecule has 122 valence electrons. The third kappa shape index (κ3) is 4.32. The molecule has 2 N–H and O–H groups in total. The summed E-state index contributed by atoms with van der Waals surface area (Å²) in [4.78, 5) is 12.2. The molecule has 4 nitrogen and oxygen atoms in total. The molecule has 0 radical (unpaired) electrons. The summed E-state index contributed by atoms with van der Waals surface area (Å²) in [5.41, 5.74) is 1.79. The molecule has 0 fully saturated rings. The van der Waals surface area contributed by atoms with Gasteiger partial charge in [-0.25, -0.2) is 0 Å². The highest BCUT2D eigenvalue weighted by atomic mass is 35.5. The lowest BCUT2D eigenvalue weighted by molar-refractivity contribution is -0.125. The highest BCUT2D eigenvalue weighted by Crippen LogP contribution is 2.31. The van der Waals surface area contributed by atoms with Crippen LogP contribution in [0.3, 0.4) is 0 Å². The second kappa shape index (κ2) is 8.11. The zero-order valence-electron chi connectivity index (χ0n) is 13.1. The van der Waals surface area contributed by atoms with Gasteiger partial charge in [0.25, 0.3) is 5.91 Å². The fourth-order valence-electron chi connectivity index (χ4n) is 2.36. The molecule has 2 aromatic rings. The van der Waals surface area contributed by atoms with Crippen molar-refractivity contribution < 1.29 is 14.6 Å². The summed E-state index contributed by atoms with van der Waals surface area (Å²) in [6.07, 6.45) is -0.854. The van der Waals surface area contributed by atoms with Crippen molar-refractivity contribution in [2.75, 3.05) is 12.4 Å². The van der Waals surface area contributed by atoms with E-state index in [-0.39, 0.29) is 5.91 Å². The van der Waals surface area contributed by atoms with Gasteiger partial charge in [0.2, 0.25) is 0 Å². The quantitative estimate of drug-likeness (QED) is 0.845. The summed E-state index contributed by atoms with van der Waals surface area (Å²) >= 11 is 6.05. The number of aliphatic hydroxyl groups is 1. The molecular weight excluding hydrogens is 314 g/mol. The van der Waals surface area contributed by atoms with Crippen LogP contribution in [0.5, 0.6) is 0 Å². The lowest BCUT2D eigenvalue weighted by Crippen LogP contribution is -2.29. The third-order valence-electron chi connectivity index (χ3n) is 3.63. The maximum atomic E-state index is 12.2. The molecule has 0 spiro atoms. The van der Waals surface area contributed by atoms with E-state index in [2.05, 4.69) is 5.32 Å². The number of carbonyl (C=O) groups is 1. The molecule has 2 unspecified atom stereocenters. The molecule has 23 heavy (non-hydrogen) atoms. The van der Waals surface area contributed by atoms with Gasteiger partial charge in [-0.1, -0.05) is 48.9 Å². The number of benzene rings is 2. The van der Waals surface area contributed by atoms with Crippen molar-refractivity contribution >= 4 is 23.2 Å². The zero-order valence-corrected chi connectivity index (χ0v) is 13.9. The van der Waals surface area contributed by atoms with Crippen LogP contribution in [-0.2, 0) is 9.53 Å². The highest BCUT2D eigenvalue weighted by Gasteiger charge is 2.20. The lowest BCUT2D eigenvalue weighted by Gasteiger charge is -2.19. The summed E-state index contributed by atoms with van der Waals surface area (Å²) in [7, 11) is 1.50. The second-order valence-electron chi connectivity index (χ2n) is 5.17. The van der Waals surface area contributed by atoms with E-state index in [0.717, 1.165) is 5.56 Å². The van der Waals surface area contributed by atoms with E-state index in [1.165, 1.54) is 7.11 Å². The van der Waals surface area contributed by atoms with Crippen LogP contribution in [0.4, 0.5) is 5.69 Å². The van der Waals surface area contributed by atoms with Crippen molar-refractivity contribution in [1.82, 2.24) is 0 Å². The zero-order chi connectivity index (χ0) is 16.8. The normalized spacial score (nSPS) is 13.4. The van der Waals surface area contributed by atoms with Crippen LogP contribution < -0.4 is 5.32 Å². The molecule has 2 aromatic carbocycles. The highest BCUT2D eigenvalue weighted by molar-refractivity contribution is 6.30. The van der Waals surface area contributed by atoms with Gasteiger partial charge >= 0.3 is 0 Å². The number of nitrogens with one attached hydrogen (secondary N) is 1. The van der Waals surface area contributed by atoms with Crippen LogP contribution in [-0.4, -0.2) is 24.2 Å². The maximum Gasteiger partial charge on any atom is 0.253 e. The van der Waals surface area contributed by atoms with E-state index in [9.17, 15) is 9.90 Å². The fourth-order valence-corrected chi connectivity index (χ4v) is 2.54. The van der Waals surface area contributed by atoms with E-state index < -0.39 is 12.2 Å². The average Bonchev–Trinajstić information content (AvgIpc) is 2.57. The molecule has 0 saturated carbocycles. The molecule has 0 heterocycles. The Labute approximate surface area is 141 Å². The third-order valence-corrected chi connectivity index (χ3v) is 3.86. The molecular formula is C18H20ClNO3. The van der Waals surface area contributed by atoms with Gasteiger partial charge in [-0.15, -0.1) is 0 Å². The number of anilines is 1. The van der Waals surface area contributed by atoms with Gasteiger partial charge in [0.15, 0.2) is 0 Å². The average molecular weight is 334 g/mol. The van der Waals surface area contributed by atoms with E-state index in [1.54, 1.807) is 18.2 Å². The first-order chi connectivity index (χ1) is 11.1. The van der Waals surface area contributed by atoms with Crippen LogP contribution in [0, 0.1) is 0 Å². The number of amides is 1. The topological polar surface area (TPSA) is 58.6 Å². The van der Waals surface area contributed by atoms with Crippen LogP contribution >= 0.6 is 11.6 Å². The second-order valence-corrected chi connectivity index (χ2v) is 5.60. The monoisotopic (exact) mass is 333 g/mol. The first kappa shape index (κ1) is 17.5. The number of hydrogen-bond donors (Lipinski definition) is 2. The van der Waals surface area contributed by atoms with Gasteiger partial charge in [0.1, 0.15) is 12.2 Å². The Morgan fingerprint density at radius 3 is 2.57 bits per heavy atom. The molecule has 0 aromatic heterocycles. The van der Waals surface area contributed by atoms with Crippen LogP contribution in [0.25, 0.3) is 0 Å². The molecule has 0 bridgehead atoms. The number of methoxy groups -OCH3 is 1. The van der Waals surface area contributed by atoms with Gasteiger partial charge in [-0.2, -0.15) is 0 Å². The Bertz CT molecular complexity index is 657. The minimum Gasteiger partial charge on any atom is -0.384 e. The molecule has 2 atom stereocenters. The molecule has 0 saturated heterocycles. The van der Waals surface area contributed by atoms with E-state index in [1.807, 2.05) is 37.3 Å². The number of ether oxygens (including phenoxy) is 1. The summed E-state index contributed by atoms with van der Waals surface area (Å²) in [6.45, 7) is 1.87. The Morgan fingerprint density at radius 1 is 1.26 bits per heavy atom. The van der Waals surface area contributed by atoms with Crippen molar-refractivity contribution in [2.24, 2.45) is 0 Å². The van der Waals surface area contributed by atoms with Crippen LogP contribution in [0.2, 0.25) is 5.02 Å². The van der Waals surface area contributed by atoms with Gasteiger partial charge in [0.05, 0.1) is 0 Å². The SMILES string of the molecule is CCC(OC)C(=O)Nc1ccc(Cl)cc1C(O)c1ccccc1. The number of rotatable bonds is 6. The molecule has 0 aliphatic carbocycles. The van der Waals surface area contributed by atoms with E-state index >= 15 is 0 Å². The van der Waals surface area contributed by atoms with Crippen molar-refractivity contribution in [1.29, 1.82) is 0 Å². The first-order valence-electron chi connectivity index (χ1n) is 7.43. The van der Waals surface area contributed by atoms with Crippen LogP contribution in [0.1, 0.15) is 30.6 Å². The molecule has 5 heteroatoms. The Kier molecular flexibility index (Phi) is 6.16. The standard InChI is InChI=1S/C18H20ClNO3/c1-3-16(23-2)18(22)20-15-10-9-13(19)11-14(15)17(21)12-7-5-4-6-8-12/h4-11,16-17,21H,3H2,1-2H3,(H,20,22). The Balaban J connectivity index is 2.32. The maximum absolute atomic E-state index is 12.2. The Hall–Kier alpha value is -1.88. The smallest absolute Gasteiger partial charge is 0.253 e. The van der Waals surface area contributed by atoms with Crippen molar-refractivity contribution in [3.05, 3.63) is 64.7 Å².